The maximum absolute atomic E-state index is 13.3. The zero-order valence-electron chi connectivity index (χ0n) is 19.1. The number of benzene rings is 1. The van der Waals surface area contributed by atoms with Crippen LogP contribution < -0.4 is 10.6 Å². The second kappa shape index (κ2) is 10.9. The van der Waals surface area contributed by atoms with Crippen molar-refractivity contribution in [1.82, 2.24) is 25.5 Å². The van der Waals surface area contributed by atoms with Crippen molar-refractivity contribution in [3.63, 3.8) is 0 Å². The number of pyridine rings is 2. The molecular weight excluding hydrogens is 414 g/mol. The van der Waals surface area contributed by atoms with E-state index in [1.807, 2.05) is 48.5 Å². The molecule has 3 aromatic rings. The van der Waals surface area contributed by atoms with Gasteiger partial charge in [0.15, 0.2) is 0 Å². The summed E-state index contributed by atoms with van der Waals surface area (Å²) in [6.07, 6.45) is 8.15. The number of amides is 3. The van der Waals surface area contributed by atoms with Gasteiger partial charge in [-0.15, -0.1) is 0 Å². The predicted octanol–water partition coefficient (Wildman–Crippen LogP) is 4.39. The van der Waals surface area contributed by atoms with Gasteiger partial charge in [-0.3, -0.25) is 9.78 Å². The highest BCUT2D eigenvalue weighted by Gasteiger charge is 2.18. The van der Waals surface area contributed by atoms with Gasteiger partial charge in [-0.1, -0.05) is 43.5 Å². The summed E-state index contributed by atoms with van der Waals surface area (Å²) in [4.78, 5) is 36.2. The minimum Gasteiger partial charge on any atom is -0.342 e. The minimum absolute atomic E-state index is 0.0718. The van der Waals surface area contributed by atoms with Crippen LogP contribution in [-0.2, 0) is 0 Å². The van der Waals surface area contributed by atoms with E-state index in [4.69, 9.17) is 4.98 Å². The topological polar surface area (TPSA) is 87.2 Å². The van der Waals surface area contributed by atoms with Gasteiger partial charge in [0.1, 0.15) is 0 Å². The second-order valence-corrected chi connectivity index (χ2v) is 8.60. The Kier molecular flexibility index (Phi) is 7.50. The molecule has 0 aliphatic heterocycles. The van der Waals surface area contributed by atoms with Crippen LogP contribution in [0, 0.1) is 0 Å². The van der Waals surface area contributed by atoms with E-state index in [2.05, 4.69) is 15.6 Å². The minimum atomic E-state index is -0.115. The van der Waals surface area contributed by atoms with Gasteiger partial charge in [-0.2, -0.15) is 0 Å². The van der Waals surface area contributed by atoms with Crippen molar-refractivity contribution in [1.29, 1.82) is 0 Å². The first kappa shape index (κ1) is 22.7. The Morgan fingerprint density at radius 2 is 1.82 bits per heavy atom. The average Bonchev–Trinajstić information content (AvgIpc) is 2.86. The summed E-state index contributed by atoms with van der Waals surface area (Å²) in [5.41, 5.74) is 2.77. The molecule has 0 spiro atoms. The van der Waals surface area contributed by atoms with Gasteiger partial charge in [0.2, 0.25) is 0 Å². The molecule has 172 valence electrons. The van der Waals surface area contributed by atoms with Gasteiger partial charge >= 0.3 is 6.03 Å². The first-order valence-corrected chi connectivity index (χ1v) is 11.7. The van der Waals surface area contributed by atoms with E-state index < -0.39 is 0 Å². The summed E-state index contributed by atoms with van der Waals surface area (Å²) in [5, 5.41) is 6.79. The molecule has 1 aliphatic rings. The lowest BCUT2D eigenvalue weighted by Gasteiger charge is -2.23. The Bertz CT molecular complexity index is 1100. The second-order valence-electron chi connectivity index (χ2n) is 8.60. The van der Waals surface area contributed by atoms with Crippen LogP contribution in [0.15, 0.2) is 54.7 Å². The van der Waals surface area contributed by atoms with Gasteiger partial charge in [-0.05, 0) is 43.5 Å². The van der Waals surface area contributed by atoms with Gasteiger partial charge in [0, 0.05) is 37.8 Å². The van der Waals surface area contributed by atoms with Gasteiger partial charge in [-0.25, -0.2) is 9.78 Å². The summed E-state index contributed by atoms with van der Waals surface area (Å²) >= 11 is 0. The van der Waals surface area contributed by atoms with E-state index in [9.17, 15) is 9.59 Å². The molecule has 3 amide bonds. The fourth-order valence-electron chi connectivity index (χ4n) is 4.31. The maximum atomic E-state index is 13.3. The summed E-state index contributed by atoms with van der Waals surface area (Å²) in [6.45, 7) is 1.06. The van der Waals surface area contributed by atoms with E-state index >= 15 is 0 Å². The number of para-hydroxylation sites is 1. The fourth-order valence-corrected chi connectivity index (χ4v) is 4.31. The van der Waals surface area contributed by atoms with Crippen LogP contribution in [0.4, 0.5) is 4.79 Å². The SMILES string of the molecule is CN(CCCNC(=O)NC1CCCCC1)C(=O)c1cc(-c2ccccn2)nc2ccccc12. The normalized spacial score (nSPS) is 14.1. The molecule has 7 nitrogen and oxygen atoms in total. The number of fused-ring (bicyclic) bond motifs is 1. The summed E-state index contributed by atoms with van der Waals surface area (Å²) in [6, 6.07) is 15.3. The van der Waals surface area contributed by atoms with Crippen molar-refractivity contribution in [3.05, 3.63) is 60.3 Å². The Morgan fingerprint density at radius 1 is 1.03 bits per heavy atom. The van der Waals surface area contributed by atoms with Crippen molar-refractivity contribution < 1.29 is 9.59 Å². The van der Waals surface area contributed by atoms with Gasteiger partial charge < -0.3 is 15.5 Å². The Hall–Kier alpha value is -3.48. The number of rotatable bonds is 7. The number of nitrogens with one attached hydrogen (secondary N) is 2. The molecule has 33 heavy (non-hydrogen) atoms. The van der Waals surface area contributed by atoms with Crippen molar-refractivity contribution in [2.24, 2.45) is 0 Å². The quantitative estimate of drug-likeness (QED) is 0.528. The molecule has 1 aromatic carbocycles. The molecule has 1 saturated carbocycles. The predicted molar refractivity (Wildman–Crippen MR) is 130 cm³/mol. The first-order chi connectivity index (χ1) is 16.1. The molecule has 0 bridgehead atoms. The lowest BCUT2D eigenvalue weighted by Crippen LogP contribution is -2.43. The largest absolute Gasteiger partial charge is 0.342 e. The summed E-state index contributed by atoms with van der Waals surface area (Å²) in [7, 11) is 1.79. The van der Waals surface area contributed by atoms with E-state index in [1.54, 1.807) is 18.1 Å². The van der Waals surface area contributed by atoms with Crippen LogP contribution in [0.2, 0.25) is 0 Å². The maximum Gasteiger partial charge on any atom is 0.315 e. The number of urea groups is 1. The fraction of sp³-hybridized carbons (Fsp3) is 0.385. The summed E-state index contributed by atoms with van der Waals surface area (Å²) in [5.74, 6) is -0.0718. The zero-order chi connectivity index (χ0) is 23.0. The third-order valence-corrected chi connectivity index (χ3v) is 6.12. The highest BCUT2D eigenvalue weighted by Crippen LogP contribution is 2.24. The van der Waals surface area contributed by atoms with Crippen LogP contribution >= 0.6 is 0 Å². The lowest BCUT2D eigenvalue weighted by atomic mass is 9.96. The van der Waals surface area contributed by atoms with Crippen molar-refractivity contribution >= 4 is 22.8 Å². The van der Waals surface area contributed by atoms with Crippen molar-refractivity contribution in [2.75, 3.05) is 20.1 Å². The standard InChI is InChI=1S/C26H31N5O2/c1-31(17-9-16-28-26(33)29-19-10-3-2-4-11-19)25(32)21-18-24(23-14-7-8-15-27-23)30-22-13-6-5-12-20(21)22/h5-8,12-15,18-19H,2-4,9-11,16-17H2,1H3,(H2,28,29,33). The molecule has 0 atom stereocenters. The number of nitrogens with zero attached hydrogens (tertiary/aromatic N) is 3. The smallest absolute Gasteiger partial charge is 0.315 e. The van der Waals surface area contributed by atoms with E-state index in [0.29, 0.717) is 30.8 Å². The molecule has 1 aliphatic carbocycles. The molecular formula is C26H31N5O2. The molecule has 2 aromatic heterocycles. The van der Waals surface area contributed by atoms with Crippen molar-refractivity contribution in [2.45, 2.75) is 44.6 Å². The Morgan fingerprint density at radius 3 is 2.61 bits per heavy atom. The molecule has 0 unspecified atom stereocenters. The highest BCUT2D eigenvalue weighted by atomic mass is 16.2. The van der Waals surface area contributed by atoms with Crippen LogP contribution in [0.1, 0.15) is 48.9 Å². The van der Waals surface area contributed by atoms with Crippen molar-refractivity contribution in [3.8, 4) is 11.4 Å². The van der Waals surface area contributed by atoms with E-state index in [-0.39, 0.29) is 18.0 Å². The third-order valence-electron chi connectivity index (χ3n) is 6.12. The number of hydrogen-bond acceptors (Lipinski definition) is 4. The molecule has 2 heterocycles. The molecule has 0 radical (unpaired) electrons. The van der Waals surface area contributed by atoms with Crippen LogP contribution in [0.25, 0.3) is 22.3 Å². The van der Waals surface area contributed by atoms with Crippen LogP contribution in [0.3, 0.4) is 0 Å². The van der Waals surface area contributed by atoms with Crippen LogP contribution in [-0.4, -0.2) is 53.0 Å². The van der Waals surface area contributed by atoms with Gasteiger partial charge in [0.25, 0.3) is 5.91 Å². The number of aromatic nitrogens is 2. The monoisotopic (exact) mass is 445 g/mol. The average molecular weight is 446 g/mol. The number of carbonyl (C=O) groups is 2. The van der Waals surface area contributed by atoms with Gasteiger partial charge in [0.05, 0.1) is 22.5 Å². The highest BCUT2D eigenvalue weighted by molar-refractivity contribution is 6.07. The Balaban J connectivity index is 1.37. The zero-order valence-corrected chi connectivity index (χ0v) is 19.1. The van der Waals surface area contributed by atoms with E-state index in [0.717, 1.165) is 29.4 Å². The number of hydrogen-bond donors (Lipinski definition) is 2. The molecule has 1 fully saturated rings. The van der Waals surface area contributed by atoms with E-state index in [1.165, 1.54) is 19.3 Å². The van der Waals surface area contributed by atoms with Crippen LogP contribution in [0.5, 0.6) is 0 Å². The molecule has 2 N–H and O–H groups in total. The summed E-state index contributed by atoms with van der Waals surface area (Å²) < 4.78 is 0. The number of carbonyl (C=O) groups excluding carboxylic acids is 2. The first-order valence-electron chi connectivity index (χ1n) is 11.7. The third kappa shape index (κ3) is 5.86. The molecule has 0 saturated heterocycles. The molecule has 4 rings (SSSR count). The Labute approximate surface area is 194 Å². The molecule has 7 heteroatoms. The lowest BCUT2D eigenvalue weighted by molar-refractivity contribution is 0.0796.